The molecule has 0 saturated carbocycles. The normalized spacial score (nSPS) is 20.2. The van der Waals surface area contributed by atoms with E-state index in [2.05, 4.69) is 49.3 Å². The summed E-state index contributed by atoms with van der Waals surface area (Å²) in [7, 11) is -2.37. The van der Waals surface area contributed by atoms with Gasteiger partial charge in [0.15, 0.2) is 23.2 Å². The lowest BCUT2D eigenvalue weighted by Crippen LogP contribution is -2.33. The van der Waals surface area contributed by atoms with Crippen LogP contribution in [0.3, 0.4) is 0 Å². The van der Waals surface area contributed by atoms with E-state index < -0.39 is 34.6 Å². The van der Waals surface area contributed by atoms with Crippen molar-refractivity contribution >= 4 is 27.0 Å². The van der Waals surface area contributed by atoms with Crippen LogP contribution in [0.4, 0.5) is 5.82 Å². The van der Waals surface area contributed by atoms with Gasteiger partial charge >= 0.3 is 0 Å². The van der Waals surface area contributed by atoms with Crippen LogP contribution >= 0.6 is 0 Å². The van der Waals surface area contributed by atoms with Gasteiger partial charge in [-0.25, -0.2) is 28.1 Å². The van der Waals surface area contributed by atoms with Crippen molar-refractivity contribution in [3.63, 3.8) is 0 Å². The number of rotatable bonds is 12. The second-order valence-electron chi connectivity index (χ2n) is 10.7. The minimum absolute atomic E-state index is 0.0375. The van der Waals surface area contributed by atoms with E-state index in [1.165, 1.54) is 30.1 Å². The third-order valence-corrected chi connectivity index (χ3v) is 9.18. The van der Waals surface area contributed by atoms with Crippen molar-refractivity contribution in [2.75, 3.05) is 25.6 Å². The number of aliphatic hydroxyl groups is 2. The van der Waals surface area contributed by atoms with Crippen molar-refractivity contribution < 1.29 is 28.1 Å². The van der Waals surface area contributed by atoms with Crippen molar-refractivity contribution in [1.29, 1.82) is 0 Å². The number of aromatic nitrogens is 4. The van der Waals surface area contributed by atoms with Crippen LogP contribution in [0.1, 0.15) is 29.1 Å². The number of hydrogen-bond acceptors (Lipinski definition) is 10. The summed E-state index contributed by atoms with van der Waals surface area (Å²) in [5.74, 6) is 0.513. The van der Waals surface area contributed by atoms with Gasteiger partial charge in [-0.1, -0.05) is 78.9 Å². The second-order valence-corrected chi connectivity index (χ2v) is 12.5. The first-order valence-electron chi connectivity index (χ1n) is 14.5. The summed E-state index contributed by atoms with van der Waals surface area (Å²) in [6.45, 7) is 0.312. The summed E-state index contributed by atoms with van der Waals surface area (Å²) >= 11 is 0. The largest absolute Gasteiger partial charge is 0.387 e. The number of anilines is 1. The molecule has 1 fully saturated rings. The quantitative estimate of drug-likeness (QED) is 0.161. The predicted octanol–water partition coefficient (Wildman–Crippen LogP) is 2.81. The third kappa shape index (κ3) is 6.59. The second kappa shape index (κ2) is 13.4. The molecule has 0 spiro atoms. The number of hydrogen-bond donors (Lipinski definition) is 4. The molecule has 6 rings (SSSR count). The minimum Gasteiger partial charge on any atom is -0.387 e. The van der Waals surface area contributed by atoms with Gasteiger partial charge in [0.25, 0.3) is 0 Å². The van der Waals surface area contributed by atoms with Gasteiger partial charge in [-0.2, -0.15) is 0 Å². The highest BCUT2D eigenvalue weighted by Crippen LogP contribution is 2.33. The molecule has 1 saturated heterocycles. The summed E-state index contributed by atoms with van der Waals surface area (Å²) < 4.78 is 41.2. The van der Waals surface area contributed by atoms with Gasteiger partial charge in [0, 0.05) is 19.6 Å². The first-order valence-corrected chi connectivity index (χ1v) is 16.0. The fourth-order valence-electron chi connectivity index (χ4n) is 5.45. The molecule has 12 nitrogen and oxygen atoms in total. The van der Waals surface area contributed by atoms with E-state index in [1.54, 1.807) is 18.2 Å². The average Bonchev–Trinajstić information content (AvgIpc) is 3.62. The van der Waals surface area contributed by atoms with Gasteiger partial charge in [0.2, 0.25) is 10.0 Å². The number of aliphatic hydroxyl groups excluding tert-OH is 2. The monoisotopic (exact) mass is 630 g/mol. The van der Waals surface area contributed by atoms with Gasteiger partial charge in [-0.15, -0.1) is 0 Å². The molecule has 13 heteroatoms. The molecule has 4 unspecified atom stereocenters. The van der Waals surface area contributed by atoms with Crippen molar-refractivity contribution in [3.05, 3.63) is 114 Å². The topological polar surface area (TPSA) is 161 Å². The van der Waals surface area contributed by atoms with Crippen LogP contribution in [0.2, 0.25) is 0 Å². The lowest BCUT2D eigenvalue weighted by atomic mass is 9.91. The molecule has 4 atom stereocenters. The van der Waals surface area contributed by atoms with E-state index in [1.807, 2.05) is 36.4 Å². The van der Waals surface area contributed by atoms with E-state index >= 15 is 0 Å². The summed E-state index contributed by atoms with van der Waals surface area (Å²) in [4.78, 5) is 14.0. The van der Waals surface area contributed by atoms with E-state index in [0.717, 1.165) is 11.1 Å². The van der Waals surface area contributed by atoms with E-state index in [-0.39, 0.29) is 29.8 Å². The Morgan fingerprint density at radius 2 is 1.53 bits per heavy atom. The van der Waals surface area contributed by atoms with Crippen molar-refractivity contribution in [3.8, 4) is 0 Å². The Bertz CT molecular complexity index is 1790. The molecule has 45 heavy (non-hydrogen) atoms. The van der Waals surface area contributed by atoms with E-state index in [9.17, 15) is 18.6 Å². The number of ether oxygens (including phenoxy) is 2. The molecule has 5 aromatic rings. The number of benzene rings is 3. The van der Waals surface area contributed by atoms with Crippen LogP contribution in [-0.4, -0.2) is 76.7 Å². The lowest BCUT2D eigenvalue weighted by Gasteiger charge is -2.20. The first kappa shape index (κ1) is 30.8. The zero-order valence-electron chi connectivity index (χ0n) is 24.5. The van der Waals surface area contributed by atoms with Crippen LogP contribution in [0, 0.1) is 0 Å². The zero-order chi connectivity index (χ0) is 31.4. The fourth-order valence-corrected chi connectivity index (χ4v) is 6.45. The number of fused-ring (bicyclic) bond motifs is 1. The molecule has 234 valence electrons. The summed E-state index contributed by atoms with van der Waals surface area (Å²) in [5.41, 5.74) is 2.89. The number of imidazole rings is 1. The molecule has 4 N–H and O–H groups in total. The molecule has 3 aromatic carbocycles. The maximum absolute atomic E-state index is 13.0. The standard InChI is InChI=1S/C32H34N6O6S/c1-43-19-25-28(39)29(40)32(44-25)38-20-34-27-30(33-17-24(21-11-5-2-6-12-21)22-13-7-3-8-14-22)36-26(37-31(27)38)18-35-45(41,42)23-15-9-4-10-16-23/h2-16,20,24-25,28-29,32,35,39-40H,17-19H2,1H3,(H,33,36,37). The first-order chi connectivity index (χ1) is 21.9. The number of sulfonamides is 1. The van der Waals surface area contributed by atoms with Crippen molar-refractivity contribution in [1.82, 2.24) is 24.2 Å². The molecular weight excluding hydrogens is 596 g/mol. The molecule has 0 amide bonds. The molecule has 2 aromatic heterocycles. The van der Waals surface area contributed by atoms with Crippen LogP contribution in [-0.2, 0) is 26.0 Å². The van der Waals surface area contributed by atoms with E-state index in [0.29, 0.717) is 23.5 Å². The summed E-state index contributed by atoms with van der Waals surface area (Å²) in [5, 5.41) is 24.9. The molecule has 0 bridgehead atoms. The van der Waals surface area contributed by atoms with E-state index in [4.69, 9.17) is 9.47 Å². The highest BCUT2D eigenvalue weighted by molar-refractivity contribution is 7.89. The molecule has 1 aliphatic rings. The summed E-state index contributed by atoms with van der Waals surface area (Å²) in [6, 6.07) is 28.2. The van der Waals surface area contributed by atoms with Crippen LogP contribution < -0.4 is 10.0 Å². The smallest absolute Gasteiger partial charge is 0.240 e. The Hall–Kier alpha value is -4.24. The van der Waals surface area contributed by atoms with Gasteiger partial charge in [0.1, 0.15) is 24.1 Å². The Morgan fingerprint density at radius 1 is 0.911 bits per heavy atom. The Morgan fingerprint density at radius 3 is 2.16 bits per heavy atom. The lowest BCUT2D eigenvalue weighted by molar-refractivity contribution is -0.0580. The maximum atomic E-state index is 13.0. The molecule has 1 aliphatic heterocycles. The molecule has 3 heterocycles. The zero-order valence-corrected chi connectivity index (χ0v) is 25.3. The van der Waals surface area contributed by atoms with Crippen molar-refractivity contribution in [2.24, 2.45) is 0 Å². The fraction of sp³-hybridized carbons (Fsp3) is 0.281. The highest BCUT2D eigenvalue weighted by atomic mass is 32.2. The Kier molecular flexibility index (Phi) is 9.16. The van der Waals surface area contributed by atoms with Gasteiger partial charge < -0.3 is 25.0 Å². The van der Waals surface area contributed by atoms with Gasteiger partial charge in [0.05, 0.1) is 24.4 Å². The molecule has 0 radical (unpaired) electrons. The van der Waals surface area contributed by atoms with Gasteiger partial charge in [-0.3, -0.25) is 4.57 Å². The number of nitrogens with zero attached hydrogens (tertiary/aromatic N) is 4. The SMILES string of the molecule is COCC1OC(n2cnc3c(NCC(c4ccccc4)c4ccccc4)nc(CNS(=O)(=O)c4ccccc4)nc32)C(O)C1O. The third-order valence-electron chi connectivity index (χ3n) is 7.76. The van der Waals surface area contributed by atoms with Crippen LogP contribution in [0.15, 0.2) is 102 Å². The minimum atomic E-state index is -3.85. The number of methoxy groups -OCH3 is 1. The molecular formula is C32H34N6O6S. The van der Waals surface area contributed by atoms with Gasteiger partial charge in [-0.05, 0) is 23.3 Å². The predicted molar refractivity (Wildman–Crippen MR) is 167 cm³/mol. The number of nitrogens with one attached hydrogen (secondary N) is 2. The molecule has 0 aliphatic carbocycles. The van der Waals surface area contributed by atoms with Crippen LogP contribution in [0.5, 0.6) is 0 Å². The maximum Gasteiger partial charge on any atom is 0.240 e. The van der Waals surface area contributed by atoms with Crippen LogP contribution in [0.25, 0.3) is 11.2 Å². The Labute approximate surface area is 260 Å². The van der Waals surface area contributed by atoms with Crippen molar-refractivity contribution in [2.45, 2.75) is 41.9 Å². The highest BCUT2D eigenvalue weighted by Gasteiger charge is 2.44. The Balaban J connectivity index is 1.36. The average molecular weight is 631 g/mol. The summed E-state index contributed by atoms with van der Waals surface area (Å²) in [6.07, 6.45) is -2.79.